The molecule has 8 nitrogen and oxygen atoms in total. The lowest BCUT2D eigenvalue weighted by atomic mass is 9.91. The fraction of sp³-hybridized carbons (Fsp3) is 0.889. The molecule has 0 aliphatic carbocycles. The molecule has 0 aromatic heterocycles. The minimum atomic E-state index is -0.459. The van der Waals surface area contributed by atoms with Crippen LogP contribution in [0, 0.1) is 0 Å². The van der Waals surface area contributed by atoms with Crippen LogP contribution >= 0.6 is 0 Å². The number of piperidine rings is 1. The number of ether oxygens (including phenoxy) is 1. The number of aliphatic hydroxyl groups excluding tert-OH is 1. The van der Waals surface area contributed by atoms with Gasteiger partial charge in [0.25, 0.3) is 0 Å². The van der Waals surface area contributed by atoms with E-state index < -0.39 is 12.2 Å². The summed E-state index contributed by atoms with van der Waals surface area (Å²) in [5.41, 5.74) is -0.459. The van der Waals surface area contributed by atoms with Gasteiger partial charge in [-0.15, -0.1) is 0 Å². The van der Waals surface area contributed by atoms with E-state index in [1.165, 1.54) is 0 Å². The second-order valence-electron chi connectivity index (χ2n) is 7.98. The molecule has 3 heterocycles. The molecule has 8 heteroatoms. The highest BCUT2D eigenvalue weighted by atomic mass is 16.6. The van der Waals surface area contributed by atoms with Gasteiger partial charge in [0.15, 0.2) is 0 Å². The summed E-state index contributed by atoms with van der Waals surface area (Å²) in [6.45, 7) is 11.5. The van der Waals surface area contributed by atoms with Gasteiger partial charge in [0, 0.05) is 71.2 Å². The number of carbonyl (C=O) groups excluding carboxylic acids is 2. The van der Waals surface area contributed by atoms with Gasteiger partial charge in [0.1, 0.15) is 12.2 Å². The Bertz CT molecular complexity index is 511. The summed E-state index contributed by atoms with van der Waals surface area (Å²) in [6, 6.07) is 0.592. The number of amides is 2. The number of carbonyl (C=O) groups is 2. The Labute approximate surface area is 155 Å². The molecule has 26 heavy (non-hydrogen) atoms. The van der Waals surface area contributed by atoms with Crippen molar-refractivity contribution >= 4 is 12.0 Å². The Morgan fingerprint density at radius 1 is 1.12 bits per heavy atom. The summed E-state index contributed by atoms with van der Waals surface area (Å²) in [4.78, 5) is 32.2. The predicted molar refractivity (Wildman–Crippen MR) is 96.8 cm³/mol. The molecule has 1 N–H and O–H groups in total. The number of hydrogen-bond donors (Lipinski definition) is 1. The van der Waals surface area contributed by atoms with Crippen molar-refractivity contribution in [1.82, 2.24) is 19.6 Å². The molecule has 0 atom stereocenters. The minimum Gasteiger partial charge on any atom is -0.441 e. The van der Waals surface area contributed by atoms with E-state index in [1.54, 1.807) is 4.90 Å². The number of rotatable bonds is 5. The number of nitrogens with zero attached hydrogens (tertiary/aromatic N) is 4. The van der Waals surface area contributed by atoms with E-state index in [-0.39, 0.29) is 12.0 Å². The van der Waals surface area contributed by atoms with Gasteiger partial charge < -0.3 is 19.6 Å². The van der Waals surface area contributed by atoms with Crippen LogP contribution in [0.4, 0.5) is 4.79 Å². The molecule has 0 radical (unpaired) electrons. The molecule has 148 valence electrons. The van der Waals surface area contributed by atoms with Crippen molar-refractivity contribution in [3.05, 3.63) is 0 Å². The molecule has 3 saturated heterocycles. The maximum atomic E-state index is 12.3. The molecule has 1 spiro atoms. The molecule has 0 aromatic rings. The highest BCUT2D eigenvalue weighted by molar-refractivity contribution is 5.77. The number of likely N-dealkylation sites (tertiary alicyclic amines) is 1. The van der Waals surface area contributed by atoms with Crippen LogP contribution in [-0.2, 0) is 9.53 Å². The van der Waals surface area contributed by atoms with Crippen LogP contribution in [0.5, 0.6) is 0 Å². The Morgan fingerprint density at radius 2 is 1.77 bits per heavy atom. The summed E-state index contributed by atoms with van der Waals surface area (Å²) >= 11 is 0. The van der Waals surface area contributed by atoms with Crippen LogP contribution < -0.4 is 0 Å². The first-order valence-corrected chi connectivity index (χ1v) is 9.75. The monoisotopic (exact) mass is 368 g/mol. The maximum Gasteiger partial charge on any atom is 0.410 e. The van der Waals surface area contributed by atoms with Crippen LogP contribution in [0.1, 0.15) is 26.7 Å². The summed E-state index contributed by atoms with van der Waals surface area (Å²) in [5.74, 6) is -0.249. The van der Waals surface area contributed by atoms with Crippen molar-refractivity contribution in [2.24, 2.45) is 0 Å². The van der Waals surface area contributed by atoms with Crippen molar-refractivity contribution in [2.75, 3.05) is 65.5 Å². The highest BCUT2D eigenvalue weighted by Gasteiger charge is 2.47. The molecular formula is C18H32N4O4. The SMILES string of the molecule is CC(C)N1CCN(CCN2CC3(CCN(C(=O)CO)CC3)OC2=O)CC1. The van der Waals surface area contributed by atoms with E-state index in [9.17, 15) is 9.59 Å². The van der Waals surface area contributed by atoms with Gasteiger partial charge in [-0.1, -0.05) is 0 Å². The predicted octanol–water partition coefficient (Wildman–Crippen LogP) is -0.182. The first-order chi connectivity index (χ1) is 12.4. The Morgan fingerprint density at radius 3 is 2.35 bits per heavy atom. The molecule has 3 fully saturated rings. The van der Waals surface area contributed by atoms with Gasteiger partial charge in [0.2, 0.25) is 5.91 Å². The molecule has 0 bridgehead atoms. The van der Waals surface area contributed by atoms with E-state index in [1.807, 2.05) is 4.90 Å². The maximum absolute atomic E-state index is 12.3. The largest absolute Gasteiger partial charge is 0.441 e. The van der Waals surface area contributed by atoms with Crippen molar-refractivity contribution < 1.29 is 19.4 Å². The van der Waals surface area contributed by atoms with E-state index in [0.29, 0.717) is 45.1 Å². The number of hydrogen-bond acceptors (Lipinski definition) is 6. The topological polar surface area (TPSA) is 76.6 Å². The molecule has 2 amide bonds. The van der Waals surface area contributed by atoms with Crippen LogP contribution in [0.2, 0.25) is 0 Å². The van der Waals surface area contributed by atoms with Gasteiger partial charge >= 0.3 is 6.09 Å². The standard InChI is InChI=1S/C18H32N4O4/c1-15(2)20-10-7-19(8-11-20)9-12-22-14-18(26-17(22)25)3-5-21(6-4-18)16(24)13-23/h15,23H,3-14H2,1-2H3. The van der Waals surface area contributed by atoms with Crippen molar-refractivity contribution in [3.8, 4) is 0 Å². The van der Waals surface area contributed by atoms with Crippen LogP contribution in [0.25, 0.3) is 0 Å². The number of piperazine rings is 1. The average molecular weight is 368 g/mol. The van der Waals surface area contributed by atoms with Crippen LogP contribution in [-0.4, -0.2) is 114 Å². The van der Waals surface area contributed by atoms with Gasteiger partial charge in [-0.2, -0.15) is 0 Å². The van der Waals surface area contributed by atoms with Gasteiger partial charge in [0.05, 0.1) is 6.54 Å². The minimum absolute atomic E-state index is 0.229. The smallest absolute Gasteiger partial charge is 0.410 e. The van der Waals surface area contributed by atoms with Gasteiger partial charge in [-0.3, -0.25) is 14.6 Å². The molecule has 3 aliphatic heterocycles. The zero-order chi connectivity index (χ0) is 18.7. The fourth-order valence-electron chi connectivity index (χ4n) is 4.15. The Kier molecular flexibility index (Phi) is 6.04. The van der Waals surface area contributed by atoms with Crippen LogP contribution in [0.3, 0.4) is 0 Å². The lowest BCUT2D eigenvalue weighted by Crippen LogP contribution is -2.51. The summed E-state index contributed by atoms with van der Waals surface area (Å²) < 4.78 is 5.71. The lowest BCUT2D eigenvalue weighted by Gasteiger charge is -2.38. The normalized spacial score (nSPS) is 24.5. The molecule has 3 rings (SSSR count). The third-order valence-corrected chi connectivity index (χ3v) is 6.03. The lowest BCUT2D eigenvalue weighted by molar-refractivity contribution is -0.137. The number of aliphatic hydroxyl groups is 1. The zero-order valence-electron chi connectivity index (χ0n) is 16.0. The van der Waals surface area contributed by atoms with E-state index in [4.69, 9.17) is 9.84 Å². The van der Waals surface area contributed by atoms with Crippen molar-refractivity contribution in [2.45, 2.75) is 38.3 Å². The van der Waals surface area contributed by atoms with Gasteiger partial charge in [-0.25, -0.2) is 4.79 Å². The van der Waals surface area contributed by atoms with Gasteiger partial charge in [-0.05, 0) is 13.8 Å². The third kappa shape index (κ3) is 4.29. The highest BCUT2D eigenvalue weighted by Crippen LogP contribution is 2.33. The summed E-state index contributed by atoms with van der Waals surface area (Å²) in [6.07, 6.45) is 1.06. The van der Waals surface area contributed by atoms with Crippen LogP contribution in [0.15, 0.2) is 0 Å². The first-order valence-electron chi connectivity index (χ1n) is 9.75. The van der Waals surface area contributed by atoms with Crippen molar-refractivity contribution in [3.63, 3.8) is 0 Å². The second-order valence-corrected chi connectivity index (χ2v) is 7.98. The molecule has 3 aliphatic rings. The van der Waals surface area contributed by atoms with Crippen molar-refractivity contribution in [1.29, 1.82) is 0 Å². The van der Waals surface area contributed by atoms with E-state index in [2.05, 4.69) is 23.6 Å². The quantitative estimate of drug-likeness (QED) is 0.725. The molecule has 0 unspecified atom stereocenters. The summed E-state index contributed by atoms with van der Waals surface area (Å²) in [7, 11) is 0. The second kappa shape index (κ2) is 8.10. The molecular weight excluding hydrogens is 336 g/mol. The zero-order valence-corrected chi connectivity index (χ0v) is 16.0. The molecule has 0 aromatic carbocycles. The van der Waals surface area contributed by atoms with E-state index >= 15 is 0 Å². The Hall–Kier alpha value is -1.38. The Balaban J connectivity index is 1.44. The summed E-state index contributed by atoms with van der Waals surface area (Å²) in [5, 5.41) is 8.98. The molecule has 0 saturated carbocycles. The fourth-order valence-corrected chi connectivity index (χ4v) is 4.15. The first kappa shape index (κ1) is 19.4. The third-order valence-electron chi connectivity index (χ3n) is 6.03. The average Bonchev–Trinajstić information content (AvgIpc) is 2.95. The van der Waals surface area contributed by atoms with E-state index in [0.717, 1.165) is 32.7 Å².